The first kappa shape index (κ1) is 16.9. The zero-order valence-corrected chi connectivity index (χ0v) is 13.1. The van der Waals surface area contributed by atoms with Gasteiger partial charge in [0.05, 0.1) is 0 Å². The Morgan fingerprint density at radius 2 is 2.00 bits per heavy atom. The minimum absolute atomic E-state index is 0.109. The van der Waals surface area contributed by atoms with Gasteiger partial charge >= 0.3 is 0 Å². The van der Waals surface area contributed by atoms with Crippen LogP contribution in [-0.4, -0.2) is 44.9 Å². The summed E-state index contributed by atoms with van der Waals surface area (Å²) in [6.07, 6.45) is 6.15. The summed E-state index contributed by atoms with van der Waals surface area (Å²) in [7, 11) is -3.30. The van der Waals surface area contributed by atoms with E-state index in [4.69, 9.17) is 0 Å². The molecule has 0 spiro atoms. The number of likely N-dealkylation sites (N-methyl/N-ethyl adjacent to an activating group) is 1. The SMILES string of the molecule is CCCCCNS(=O)(=O)N1CCCCC1CNCC. The van der Waals surface area contributed by atoms with Gasteiger partial charge in [0, 0.05) is 25.7 Å². The van der Waals surface area contributed by atoms with Crippen molar-refractivity contribution in [1.29, 1.82) is 0 Å². The first-order valence-corrected chi connectivity index (χ1v) is 9.03. The Hall–Kier alpha value is -0.170. The van der Waals surface area contributed by atoms with Gasteiger partial charge in [0.15, 0.2) is 0 Å². The third-order valence-electron chi connectivity index (χ3n) is 3.58. The fourth-order valence-electron chi connectivity index (χ4n) is 2.46. The van der Waals surface area contributed by atoms with Crippen molar-refractivity contribution < 1.29 is 8.42 Å². The average molecular weight is 291 g/mol. The van der Waals surface area contributed by atoms with E-state index in [1.165, 1.54) is 0 Å². The summed E-state index contributed by atoms with van der Waals surface area (Å²) >= 11 is 0. The van der Waals surface area contributed by atoms with Crippen molar-refractivity contribution >= 4 is 10.2 Å². The molecule has 1 aliphatic rings. The fourth-order valence-corrected chi connectivity index (χ4v) is 3.97. The maximum absolute atomic E-state index is 12.3. The third kappa shape index (κ3) is 5.77. The first-order chi connectivity index (χ1) is 9.11. The maximum atomic E-state index is 12.3. The molecule has 1 fully saturated rings. The normalized spacial score (nSPS) is 21.7. The number of unbranched alkanes of at least 4 members (excludes halogenated alkanes) is 2. The van der Waals surface area contributed by atoms with Gasteiger partial charge in [-0.2, -0.15) is 12.7 Å². The highest BCUT2D eigenvalue weighted by atomic mass is 32.2. The summed E-state index contributed by atoms with van der Waals surface area (Å²) in [4.78, 5) is 0. The summed E-state index contributed by atoms with van der Waals surface area (Å²) < 4.78 is 29.0. The van der Waals surface area contributed by atoms with Crippen LogP contribution in [0.5, 0.6) is 0 Å². The van der Waals surface area contributed by atoms with Gasteiger partial charge in [0.2, 0.25) is 0 Å². The fraction of sp³-hybridized carbons (Fsp3) is 1.00. The van der Waals surface area contributed by atoms with Crippen LogP contribution in [0.3, 0.4) is 0 Å². The van der Waals surface area contributed by atoms with Crippen LogP contribution in [0.15, 0.2) is 0 Å². The molecule has 1 atom stereocenters. The molecule has 0 aromatic heterocycles. The van der Waals surface area contributed by atoms with E-state index in [1.807, 2.05) is 6.92 Å². The summed E-state index contributed by atoms with van der Waals surface area (Å²) in [5, 5.41) is 3.26. The van der Waals surface area contributed by atoms with E-state index in [0.29, 0.717) is 13.1 Å². The average Bonchev–Trinajstić information content (AvgIpc) is 2.41. The van der Waals surface area contributed by atoms with Crippen LogP contribution in [0.1, 0.15) is 52.4 Å². The van der Waals surface area contributed by atoms with E-state index >= 15 is 0 Å². The van der Waals surface area contributed by atoms with Crippen LogP contribution in [0.4, 0.5) is 0 Å². The van der Waals surface area contributed by atoms with Crippen LogP contribution in [0.2, 0.25) is 0 Å². The van der Waals surface area contributed by atoms with Gasteiger partial charge in [0.25, 0.3) is 10.2 Å². The minimum atomic E-state index is -3.30. The highest BCUT2D eigenvalue weighted by Gasteiger charge is 2.31. The number of hydrogen-bond acceptors (Lipinski definition) is 3. The van der Waals surface area contributed by atoms with Crippen molar-refractivity contribution in [3.05, 3.63) is 0 Å². The summed E-state index contributed by atoms with van der Waals surface area (Å²) in [6.45, 7) is 7.01. The van der Waals surface area contributed by atoms with E-state index in [1.54, 1.807) is 4.31 Å². The van der Waals surface area contributed by atoms with Crippen molar-refractivity contribution in [3.8, 4) is 0 Å². The zero-order chi connectivity index (χ0) is 14.1. The van der Waals surface area contributed by atoms with Gasteiger partial charge in [0.1, 0.15) is 0 Å². The number of piperidine rings is 1. The molecule has 6 heteroatoms. The third-order valence-corrected chi connectivity index (χ3v) is 5.24. The molecule has 1 saturated heterocycles. The molecule has 0 aromatic carbocycles. The molecule has 19 heavy (non-hydrogen) atoms. The Morgan fingerprint density at radius 1 is 1.21 bits per heavy atom. The largest absolute Gasteiger partial charge is 0.315 e. The van der Waals surface area contributed by atoms with Crippen molar-refractivity contribution in [2.45, 2.75) is 58.4 Å². The highest BCUT2D eigenvalue weighted by molar-refractivity contribution is 7.87. The van der Waals surface area contributed by atoms with Gasteiger partial charge < -0.3 is 5.32 Å². The highest BCUT2D eigenvalue weighted by Crippen LogP contribution is 2.19. The van der Waals surface area contributed by atoms with Gasteiger partial charge in [-0.05, 0) is 25.8 Å². The van der Waals surface area contributed by atoms with Crippen molar-refractivity contribution in [1.82, 2.24) is 14.3 Å². The Balaban J connectivity index is 2.51. The summed E-state index contributed by atoms with van der Waals surface area (Å²) in [5.74, 6) is 0. The number of nitrogens with one attached hydrogen (secondary N) is 2. The molecule has 114 valence electrons. The van der Waals surface area contributed by atoms with Crippen LogP contribution < -0.4 is 10.0 Å². The second-order valence-corrected chi connectivity index (χ2v) is 6.88. The molecular weight excluding hydrogens is 262 g/mol. The predicted octanol–water partition coefficient (Wildman–Crippen LogP) is 1.48. The number of rotatable bonds is 9. The zero-order valence-electron chi connectivity index (χ0n) is 12.3. The van der Waals surface area contributed by atoms with Crippen molar-refractivity contribution in [2.75, 3.05) is 26.2 Å². The molecule has 1 heterocycles. The first-order valence-electron chi connectivity index (χ1n) is 7.59. The van der Waals surface area contributed by atoms with Crippen molar-refractivity contribution in [2.24, 2.45) is 0 Å². The van der Waals surface area contributed by atoms with Crippen LogP contribution in [0.25, 0.3) is 0 Å². The summed E-state index contributed by atoms with van der Waals surface area (Å²) in [6, 6.07) is 0.109. The maximum Gasteiger partial charge on any atom is 0.279 e. The second kappa shape index (κ2) is 8.89. The molecule has 1 unspecified atom stereocenters. The van der Waals surface area contributed by atoms with E-state index in [2.05, 4.69) is 17.0 Å². The molecule has 0 bridgehead atoms. The molecule has 1 aliphatic heterocycles. The molecular formula is C13H29N3O2S. The topological polar surface area (TPSA) is 61.4 Å². The van der Waals surface area contributed by atoms with E-state index in [0.717, 1.165) is 51.6 Å². The molecule has 1 rings (SSSR count). The van der Waals surface area contributed by atoms with E-state index < -0.39 is 10.2 Å². The number of hydrogen-bond donors (Lipinski definition) is 2. The monoisotopic (exact) mass is 291 g/mol. The lowest BCUT2D eigenvalue weighted by Crippen LogP contribution is -2.52. The lowest BCUT2D eigenvalue weighted by atomic mass is 10.1. The van der Waals surface area contributed by atoms with E-state index in [9.17, 15) is 8.42 Å². The van der Waals surface area contributed by atoms with Crippen LogP contribution >= 0.6 is 0 Å². The van der Waals surface area contributed by atoms with Crippen LogP contribution in [0, 0.1) is 0 Å². The molecule has 0 amide bonds. The smallest absolute Gasteiger partial charge is 0.279 e. The van der Waals surface area contributed by atoms with Gasteiger partial charge in [-0.15, -0.1) is 0 Å². The standard InChI is InChI=1S/C13H29N3O2S/c1-3-5-7-10-15-19(17,18)16-11-8-6-9-13(16)12-14-4-2/h13-15H,3-12H2,1-2H3. The Kier molecular flexibility index (Phi) is 7.90. The molecule has 0 aliphatic carbocycles. The quantitative estimate of drug-likeness (QED) is 0.633. The van der Waals surface area contributed by atoms with Crippen molar-refractivity contribution in [3.63, 3.8) is 0 Å². The Labute approximate surface area is 118 Å². The Bertz CT molecular complexity index is 333. The predicted molar refractivity (Wildman–Crippen MR) is 79.3 cm³/mol. The number of nitrogens with zero attached hydrogens (tertiary/aromatic N) is 1. The molecule has 5 nitrogen and oxygen atoms in total. The van der Waals surface area contributed by atoms with Gasteiger partial charge in [-0.1, -0.05) is 33.1 Å². The van der Waals surface area contributed by atoms with E-state index in [-0.39, 0.29) is 6.04 Å². The lowest BCUT2D eigenvalue weighted by molar-refractivity contribution is 0.244. The Morgan fingerprint density at radius 3 is 2.68 bits per heavy atom. The molecule has 0 aromatic rings. The van der Waals surface area contributed by atoms with Crippen LogP contribution in [-0.2, 0) is 10.2 Å². The molecule has 0 saturated carbocycles. The second-order valence-electron chi connectivity index (χ2n) is 5.17. The minimum Gasteiger partial charge on any atom is -0.315 e. The van der Waals surface area contributed by atoms with Gasteiger partial charge in [-0.25, -0.2) is 4.72 Å². The molecule has 2 N–H and O–H groups in total. The lowest BCUT2D eigenvalue weighted by Gasteiger charge is -2.34. The summed E-state index contributed by atoms with van der Waals surface area (Å²) in [5.41, 5.74) is 0. The molecule has 0 radical (unpaired) electrons. The van der Waals surface area contributed by atoms with Gasteiger partial charge in [-0.3, -0.25) is 0 Å².